The Morgan fingerprint density at radius 1 is 1.35 bits per heavy atom. The van der Waals surface area contributed by atoms with Crippen LogP contribution in [-0.2, 0) is 10.0 Å². The minimum Gasteiger partial charge on any atom is -0.399 e. The van der Waals surface area contributed by atoms with Crippen molar-refractivity contribution in [2.45, 2.75) is 11.8 Å². The van der Waals surface area contributed by atoms with Gasteiger partial charge < -0.3 is 5.73 Å². The van der Waals surface area contributed by atoms with Crippen LogP contribution in [-0.4, -0.2) is 15.0 Å². The predicted octanol–water partition coefficient (Wildman–Crippen LogP) is 0.849. The van der Waals surface area contributed by atoms with Gasteiger partial charge in [0.05, 0.1) is 6.54 Å². The molecule has 17 heavy (non-hydrogen) atoms. The first-order chi connectivity index (χ1) is 7.88. The van der Waals surface area contributed by atoms with Gasteiger partial charge in [-0.3, -0.25) is 0 Å². The van der Waals surface area contributed by atoms with E-state index in [-0.39, 0.29) is 12.2 Å². The minimum absolute atomic E-state index is 0.188. The van der Waals surface area contributed by atoms with Crippen LogP contribution in [0.2, 0.25) is 0 Å². The zero-order valence-corrected chi connectivity index (χ0v) is 9.74. The molecule has 0 unspecified atom stereocenters. The van der Waals surface area contributed by atoms with Gasteiger partial charge in [0, 0.05) is 5.69 Å². The van der Waals surface area contributed by atoms with Gasteiger partial charge in [-0.1, -0.05) is 5.92 Å². The lowest BCUT2D eigenvalue weighted by Crippen LogP contribution is -2.26. The Morgan fingerprint density at radius 3 is 2.35 bits per heavy atom. The fraction of sp³-hybridized carbons (Fsp3) is 0.200. The second-order valence-corrected chi connectivity index (χ2v) is 4.77. The van der Waals surface area contributed by atoms with Crippen LogP contribution in [0.25, 0.3) is 0 Å². The maximum Gasteiger partial charge on any atom is 0.247 e. The molecule has 0 heterocycles. The van der Waals surface area contributed by atoms with Crippen LogP contribution in [0.5, 0.6) is 0 Å². The first-order valence-electron chi connectivity index (χ1n) is 4.52. The van der Waals surface area contributed by atoms with Crippen molar-refractivity contribution in [3.05, 3.63) is 23.8 Å². The number of hydrogen-bond donors (Lipinski definition) is 2. The normalized spacial score (nSPS) is 10.8. The van der Waals surface area contributed by atoms with Crippen molar-refractivity contribution < 1.29 is 17.2 Å². The summed E-state index contributed by atoms with van der Waals surface area (Å²) in [6.45, 7) is 1.29. The molecule has 3 N–H and O–H groups in total. The van der Waals surface area contributed by atoms with Crippen LogP contribution in [0.15, 0.2) is 17.0 Å². The van der Waals surface area contributed by atoms with Crippen LogP contribution in [0.1, 0.15) is 6.92 Å². The number of halogens is 2. The highest BCUT2D eigenvalue weighted by Crippen LogP contribution is 2.21. The zero-order valence-electron chi connectivity index (χ0n) is 8.92. The molecule has 0 fully saturated rings. The van der Waals surface area contributed by atoms with Gasteiger partial charge in [-0.2, -0.15) is 4.72 Å². The topological polar surface area (TPSA) is 72.2 Å². The number of hydrogen-bond acceptors (Lipinski definition) is 3. The molecule has 0 aliphatic carbocycles. The highest BCUT2D eigenvalue weighted by atomic mass is 32.2. The molecule has 92 valence electrons. The van der Waals surface area contributed by atoms with E-state index in [9.17, 15) is 17.2 Å². The lowest BCUT2D eigenvalue weighted by Gasteiger charge is -2.07. The molecule has 0 amide bonds. The van der Waals surface area contributed by atoms with Gasteiger partial charge >= 0.3 is 0 Å². The molecule has 0 saturated heterocycles. The fourth-order valence-electron chi connectivity index (χ4n) is 1.13. The third-order valence-electron chi connectivity index (χ3n) is 1.82. The summed E-state index contributed by atoms with van der Waals surface area (Å²) in [6, 6.07) is 1.48. The number of anilines is 1. The molecular weight excluding hydrogens is 250 g/mol. The van der Waals surface area contributed by atoms with E-state index in [2.05, 4.69) is 11.8 Å². The van der Waals surface area contributed by atoms with E-state index in [0.29, 0.717) is 0 Å². The molecule has 0 saturated carbocycles. The molecule has 0 aliphatic rings. The van der Waals surface area contributed by atoms with Gasteiger partial charge in [-0.15, -0.1) is 5.92 Å². The molecule has 1 aromatic rings. The van der Waals surface area contributed by atoms with E-state index in [0.717, 1.165) is 12.1 Å². The Kier molecular flexibility index (Phi) is 4.04. The zero-order chi connectivity index (χ0) is 13.1. The van der Waals surface area contributed by atoms with Gasteiger partial charge in [-0.05, 0) is 19.1 Å². The SMILES string of the molecule is CC#CCNS(=O)(=O)c1c(F)cc(N)cc1F. The molecule has 1 aromatic carbocycles. The van der Waals surface area contributed by atoms with Crippen molar-refractivity contribution >= 4 is 15.7 Å². The molecule has 4 nitrogen and oxygen atoms in total. The summed E-state index contributed by atoms with van der Waals surface area (Å²) in [7, 11) is -4.27. The van der Waals surface area contributed by atoms with Crippen molar-refractivity contribution in [3.63, 3.8) is 0 Å². The average molecular weight is 260 g/mol. The number of nitrogen functional groups attached to an aromatic ring is 1. The van der Waals surface area contributed by atoms with Crippen molar-refractivity contribution in [3.8, 4) is 11.8 Å². The van der Waals surface area contributed by atoms with Gasteiger partial charge in [0.15, 0.2) is 4.90 Å². The molecule has 0 atom stereocenters. The van der Waals surface area contributed by atoms with Gasteiger partial charge in [0.25, 0.3) is 0 Å². The molecule has 7 heteroatoms. The molecule has 1 rings (SSSR count). The van der Waals surface area contributed by atoms with E-state index in [1.165, 1.54) is 6.92 Å². The minimum atomic E-state index is -4.27. The quantitative estimate of drug-likeness (QED) is 0.625. The van der Waals surface area contributed by atoms with Gasteiger partial charge in [-0.25, -0.2) is 17.2 Å². The monoisotopic (exact) mass is 260 g/mol. The van der Waals surface area contributed by atoms with Crippen LogP contribution in [0, 0.1) is 23.5 Å². The van der Waals surface area contributed by atoms with E-state index < -0.39 is 26.6 Å². The Morgan fingerprint density at radius 2 is 1.88 bits per heavy atom. The summed E-state index contributed by atoms with van der Waals surface area (Å²) < 4.78 is 51.8. The van der Waals surface area contributed by atoms with Gasteiger partial charge in [0.2, 0.25) is 10.0 Å². The third-order valence-corrected chi connectivity index (χ3v) is 3.27. The van der Waals surface area contributed by atoms with Crippen LogP contribution in [0.3, 0.4) is 0 Å². The van der Waals surface area contributed by atoms with Gasteiger partial charge in [0.1, 0.15) is 11.6 Å². The lowest BCUT2D eigenvalue weighted by molar-refractivity contribution is 0.516. The Hall–Kier alpha value is -1.65. The highest BCUT2D eigenvalue weighted by molar-refractivity contribution is 7.89. The fourth-order valence-corrected chi connectivity index (χ4v) is 2.17. The average Bonchev–Trinajstić information content (AvgIpc) is 2.15. The summed E-state index contributed by atoms with van der Waals surface area (Å²) in [6.07, 6.45) is 0. The molecule has 0 bridgehead atoms. The maximum absolute atomic E-state index is 13.3. The predicted molar refractivity (Wildman–Crippen MR) is 59.4 cm³/mol. The van der Waals surface area contributed by atoms with Crippen molar-refractivity contribution in [2.24, 2.45) is 0 Å². The van der Waals surface area contributed by atoms with Crippen LogP contribution in [0.4, 0.5) is 14.5 Å². The van der Waals surface area contributed by atoms with E-state index in [1.807, 2.05) is 4.72 Å². The molecule has 0 aromatic heterocycles. The molecule has 0 aliphatic heterocycles. The molecular formula is C10H10F2N2O2S. The second kappa shape index (κ2) is 5.12. The maximum atomic E-state index is 13.3. The van der Waals surface area contributed by atoms with E-state index in [4.69, 9.17) is 5.73 Å². The van der Waals surface area contributed by atoms with Crippen molar-refractivity contribution in [1.29, 1.82) is 0 Å². The standard InChI is InChI=1S/C10H10F2N2O2S/c1-2-3-4-14-17(15,16)10-8(11)5-7(13)6-9(10)12/h5-6,14H,4,13H2,1H3. The number of nitrogens with two attached hydrogens (primary N) is 1. The summed E-state index contributed by atoms with van der Waals surface area (Å²) >= 11 is 0. The first kappa shape index (κ1) is 13.4. The largest absolute Gasteiger partial charge is 0.399 e. The number of sulfonamides is 1. The number of nitrogens with one attached hydrogen (secondary N) is 1. The van der Waals surface area contributed by atoms with Crippen molar-refractivity contribution in [2.75, 3.05) is 12.3 Å². The second-order valence-electron chi connectivity index (χ2n) is 3.07. The summed E-state index contributed by atoms with van der Waals surface area (Å²) in [5, 5.41) is 0. The summed E-state index contributed by atoms with van der Waals surface area (Å²) in [5.41, 5.74) is 4.99. The van der Waals surface area contributed by atoms with Crippen molar-refractivity contribution in [1.82, 2.24) is 4.72 Å². The Labute approximate surface area is 97.9 Å². The summed E-state index contributed by atoms with van der Waals surface area (Å²) in [4.78, 5) is -1.05. The Bertz CT molecular complexity index is 565. The Balaban J connectivity index is 3.18. The number of benzene rings is 1. The molecule has 0 radical (unpaired) electrons. The van der Waals surface area contributed by atoms with Crippen LogP contribution >= 0.6 is 0 Å². The molecule has 0 spiro atoms. The first-order valence-corrected chi connectivity index (χ1v) is 6.00. The van der Waals surface area contributed by atoms with E-state index in [1.54, 1.807) is 0 Å². The lowest BCUT2D eigenvalue weighted by atomic mass is 10.3. The summed E-state index contributed by atoms with van der Waals surface area (Å²) in [5.74, 6) is 2.39. The number of rotatable bonds is 3. The third kappa shape index (κ3) is 3.15. The highest BCUT2D eigenvalue weighted by Gasteiger charge is 2.23. The smallest absolute Gasteiger partial charge is 0.247 e. The van der Waals surface area contributed by atoms with E-state index >= 15 is 0 Å². The van der Waals surface area contributed by atoms with Crippen LogP contribution < -0.4 is 10.5 Å².